The Hall–Kier alpha value is -1.87. The van der Waals surface area contributed by atoms with Gasteiger partial charge in [-0.05, 0) is 31.0 Å². The summed E-state index contributed by atoms with van der Waals surface area (Å²) >= 11 is 0. The van der Waals surface area contributed by atoms with E-state index in [-0.39, 0.29) is 0 Å². The first-order valence-electron chi connectivity index (χ1n) is 6.35. The summed E-state index contributed by atoms with van der Waals surface area (Å²) in [6.45, 7) is 4.11. The molecule has 2 aromatic rings. The van der Waals surface area contributed by atoms with E-state index in [1.807, 2.05) is 12.1 Å². The van der Waals surface area contributed by atoms with E-state index in [1.165, 1.54) is 11.1 Å². The molecule has 0 aliphatic rings. The van der Waals surface area contributed by atoms with Crippen molar-refractivity contribution in [2.45, 2.75) is 26.4 Å². The Balaban J connectivity index is 2.20. The molecular formula is C16H19NO2. The zero-order valence-electron chi connectivity index (χ0n) is 11.6. The highest BCUT2D eigenvalue weighted by Crippen LogP contribution is 2.21. The largest absolute Gasteiger partial charge is 0.481 e. The smallest absolute Gasteiger partial charge is 0.213 e. The number of aryl methyl sites for hydroxylation is 2. The lowest BCUT2D eigenvalue weighted by Gasteiger charge is -2.13. The summed E-state index contributed by atoms with van der Waals surface area (Å²) in [7, 11) is 1.57. The van der Waals surface area contributed by atoms with Crippen LogP contribution in [0, 0.1) is 13.8 Å². The van der Waals surface area contributed by atoms with Gasteiger partial charge in [0.25, 0.3) is 0 Å². The van der Waals surface area contributed by atoms with Crippen LogP contribution in [0.15, 0.2) is 36.4 Å². The van der Waals surface area contributed by atoms with Crippen molar-refractivity contribution in [2.75, 3.05) is 7.11 Å². The average Bonchev–Trinajstić information content (AvgIpc) is 2.43. The van der Waals surface area contributed by atoms with Gasteiger partial charge in [-0.15, -0.1) is 0 Å². The minimum Gasteiger partial charge on any atom is -0.481 e. The molecular weight excluding hydrogens is 238 g/mol. The van der Waals surface area contributed by atoms with Crippen LogP contribution in [-0.2, 0) is 6.42 Å². The Morgan fingerprint density at radius 1 is 1.21 bits per heavy atom. The molecule has 1 unspecified atom stereocenters. The quantitative estimate of drug-likeness (QED) is 0.915. The number of benzene rings is 1. The number of aromatic nitrogens is 1. The Kier molecular flexibility index (Phi) is 4.17. The van der Waals surface area contributed by atoms with Crippen LogP contribution in [0.25, 0.3) is 0 Å². The molecule has 0 saturated heterocycles. The molecule has 0 radical (unpaired) electrons. The van der Waals surface area contributed by atoms with Crippen molar-refractivity contribution in [3.05, 3.63) is 58.8 Å². The molecule has 0 fully saturated rings. The van der Waals surface area contributed by atoms with Crippen molar-refractivity contribution < 1.29 is 9.84 Å². The van der Waals surface area contributed by atoms with E-state index in [2.05, 4.69) is 37.0 Å². The standard InChI is InChI=1S/C16H19NO2/c1-11-7-8-12(2)13(9-11)10-15(18)14-5-4-6-16(17-14)19-3/h4-9,15,18H,10H2,1-3H3. The molecule has 1 aromatic heterocycles. The summed E-state index contributed by atoms with van der Waals surface area (Å²) in [4.78, 5) is 4.27. The van der Waals surface area contributed by atoms with Crippen LogP contribution in [0.3, 0.4) is 0 Å². The van der Waals surface area contributed by atoms with Crippen molar-refractivity contribution in [3.8, 4) is 5.88 Å². The van der Waals surface area contributed by atoms with Crippen molar-refractivity contribution in [2.24, 2.45) is 0 Å². The number of methoxy groups -OCH3 is 1. The second-order valence-electron chi connectivity index (χ2n) is 4.75. The van der Waals surface area contributed by atoms with Gasteiger partial charge in [0.15, 0.2) is 0 Å². The van der Waals surface area contributed by atoms with Crippen LogP contribution in [0.5, 0.6) is 5.88 Å². The molecule has 0 aliphatic carbocycles. The second-order valence-corrected chi connectivity index (χ2v) is 4.75. The van der Waals surface area contributed by atoms with Gasteiger partial charge in [0, 0.05) is 12.5 Å². The molecule has 1 aromatic carbocycles. The third-order valence-corrected chi connectivity index (χ3v) is 3.21. The molecule has 0 bridgehead atoms. The van der Waals surface area contributed by atoms with E-state index in [9.17, 15) is 5.11 Å². The van der Waals surface area contributed by atoms with Crippen molar-refractivity contribution >= 4 is 0 Å². The Labute approximate surface area is 113 Å². The fourth-order valence-corrected chi connectivity index (χ4v) is 2.06. The molecule has 1 heterocycles. The molecule has 3 heteroatoms. The van der Waals surface area contributed by atoms with Gasteiger partial charge >= 0.3 is 0 Å². The molecule has 1 N–H and O–H groups in total. The summed E-state index contributed by atoms with van der Waals surface area (Å²) in [5.74, 6) is 0.525. The SMILES string of the molecule is COc1cccc(C(O)Cc2cc(C)ccc2C)n1. The highest BCUT2D eigenvalue weighted by Gasteiger charge is 2.12. The lowest BCUT2D eigenvalue weighted by molar-refractivity contribution is 0.172. The van der Waals surface area contributed by atoms with E-state index >= 15 is 0 Å². The number of hydrogen-bond acceptors (Lipinski definition) is 3. The second kappa shape index (κ2) is 5.85. The van der Waals surface area contributed by atoms with Gasteiger partial charge in [-0.25, -0.2) is 4.98 Å². The summed E-state index contributed by atoms with van der Waals surface area (Å²) in [6, 6.07) is 11.7. The number of aliphatic hydroxyl groups excluding tert-OH is 1. The monoisotopic (exact) mass is 257 g/mol. The van der Waals surface area contributed by atoms with E-state index < -0.39 is 6.10 Å². The molecule has 100 valence electrons. The maximum absolute atomic E-state index is 10.3. The number of rotatable bonds is 4. The van der Waals surface area contributed by atoms with E-state index in [0.717, 1.165) is 5.56 Å². The summed E-state index contributed by atoms with van der Waals surface area (Å²) in [5.41, 5.74) is 4.18. The highest BCUT2D eigenvalue weighted by molar-refractivity contribution is 5.31. The molecule has 2 rings (SSSR count). The zero-order chi connectivity index (χ0) is 13.8. The number of ether oxygens (including phenoxy) is 1. The lowest BCUT2D eigenvalue weighted by Crippen LogP contribution is -2.06. The minimum atomic E-state index is -0.615. The Morgan fingerprint density at radius 3 is 2.74 bits per heavy atom. The third kappa shape index (κ3) is 3.32. The fraction of sp³-hybridized carbons (Fsp3) is 0.312. The molecule has 1 atom stereocenters. The van der Waals surface area contributed by atoms with Gasteiger partial charge < -0.3 is 9.84 Å². The minimum absolute atomic E-state index is 0.525. The van der Waals surface area contributed by atoms with Crippen molar-refractivity contribution in [1.29, 1.82) is 0 Å². The van der Waals surface area contributed by atoms with E-state index in [1.54, 1.807) is 13.2 Å². The van der Waals surface area contributed by atoms with Crippen molar-refractivity contribution in [1.82, 2.24) is 4.98 Å². The van der Waals surface area contributed by atoms with Crippen LogP contribution in [0.4, 0.5) is 0 Å². The summed E-state index contributed by atoms with van der Waals surface area (Å²) in [5, 5.41) is 10.3. The first-order chi connectivity index (χ1) is 9.10. The van der Waals surface area contributed by atoms with Crippen LogP contribution in [-0.4, -0.2) is 17.2 Å². The first-order valence-corrected chi connectivity index (χ1v) is 6.35. The van der Waals surface area contributed by atoms with Gasteiger partial charge in [-0.1, -0.05) is 29.8 Å². The fourth-order valence-electron chi connectivity index (χ4n) is 2.06. The van der Waals surface area contributed by atoms with Crippen LogP contribution >= 0.6 is 0 Å². The predicted octanol–water partition coefficient (Wildman–Crippen LogP) is 2.98. The topological polar surface area (TPSA) is 42.4 Å². The lowest BCUT2D eigenvalue weighted by atomic mass is 9.99. The number of pyridine rings is 1. The van der Waals surface area contributed by atoms with Crippen LogP contribution < -0.4 is 4.74 Å². The third-order valence-electron chi connectivity index (χ3n) is 3.21. The van der Waals surface area contributed by atoms with Crippen LogP contribution in [0.2, 0.25) is 0 Å². The molecule has 3 nitrogen and oxygen atoms in total. The predicted molar refractivity (Wildman–Crippen MR) is 75.4 cm³/mol. The first kappa shape index (κ1) is 13.6. The summed E-state index contributed by atoms with van der Waals surface area (Å²) < 4.78 is 5.08. The molecule has 0 saturated carbocycles. The molecule has 0 aliphatic heterocycles. The van der Waals surface area contributed by atoms with Gasteiger partial charge in [0.1, 0.15) is 6.10 Å². The maximum atomic E-state index is 10.3. The van der Waals surface area contributed by atoms with Gasteiger partial charge in [-0.2, -0.15) is 0 Å². The number of nitrogens with zero attached hydrogens (tertiary/aromatic N) is 1. The normalized spacial score (nSPS) is 12.2. The highest BCUT2D eigenvalue weighted by atomic mass is 16.5. The summed E-state index contributed by atoms with van der Waals surface area (Å²) in [6.07, 6.45) is -0.0520. The van der Waals surface area contributed by atoms with Gasteiger partial charge in [-0.3, -0.25) is 0 Å². The van der Waals surface area contributed by atoms with Crippen LogP contribution in [0.1, 0.15) is 28.5 Å². The molecule has 0 spiro atoms. The number of hydrogen-bond donors (Lipinski definition) is 1. The van der Waals surface area contributed by atoms with Gasteiger partial charge in [0.2, 0.25) is 5.88 Å². The number of aliphatic hydroxyl groups is 1. The molecule has 19 heavy (non-hydrogen) atoms. The average molecular weight is 257 g/mol. The zero-order valence-corrected chi connectivity index (χ0v) is 11.6. The Morgan fingerprint density at radius 2 is 2.00 bits per heavy atom. The maximum Gasteiger partial charge on any atom is 0.213 e. The molecule has 0 amide bonds. The van der Waals surface area contributed by atoms with Crippen molar-refractivity contribution in [3.63, 3.8) is 0 Å². The van der Waals surface area contributed by atoms with E-state index in [4.69, 9.17) is 4.74 Å². The Bertz CT molecular complexity index is 566. The van der Waals surface area contributed by atoms with Gasteiger partial charge in [0.05, 0.1) is 12.8 Å². The van der Waals surface area contributed by atoms with E-state index in [0.29, 0.717) is 18.0 Å².